The number of rotatable bonds is 8. The molecular weight excluding hydrogens is 376 g/mol. The summed E-state index contributed by atoms with van der Waals surface area (Å²) in [6.45, 7) is 5.36. The fourth-order valence-corrected chi connectivity index (χ4v) is 4.76. The monoisotopic (exact) mass is 402 g/mol. The van der Waals surface area contributed by atoms with Crippen molar-refractivity contribution in [3.05, 3.63) is 28.8 Å². The van der Waals surface area contributed by atoms with Crippen LogP contribution in [-0.2, 0) is 14.8 Å². The minimum Gasteiger partial charge on any atom is -0.379 e. The number of hydrogen-bond donors (Lipinski definition) is 1. The van der Waals surface area contributed by atoms with Crippen molar-refractivity contribution in [2.75, 3.05) is 26.3 Å². The van der Waals surface area contributed by atoms with Crippen LogP contribution in [0.25, 0.3) is 0 Å². The fraction of sp³-hybridized carbons (Fsp3) is 0.611. The highest BCUT2D eigenvalue weighted by atomic mass is 35.5. The van der Waals surface area contributed by atoms with Crippen LogP contribution in [0.4, 0.5) is 0 Å². The Labute approximate surface area is 160 Å². The third kappa shape index (κ3) is 5.42. The Kier molecular flexibility index (Phi) is 7.88. The Morgan fingerprint density at radius 2 is 2.00 bits per heavy atom. The molecule has 1 amide bonds. The zero-order valence-electron chi connectivity index (χ0n) is 15.3. The summed E-state index contributed by atoms with van der Waals surface area (Å²) in [4.78, 5) is 12.4. The van der Waals surface area contributed by atoms with Gasteiger partial charge in [-0.25, -0.2) is 8.42 Å². The number of ether oxygens (including phenoxy) is 1. The number of unbranched alkanes of at least 4 members (excludes halogenated alkanes) is 2. The molecule has 1 fully saturated rings. The Morgan fingerprint density at radius 1 is 1.31 bits per heavy atom. The molecule has 1 heterocycles. The normalized spacial score (nSPS) is 17.0. The van der Waals surface area contributed by atoms with Crippen LogP contribution in [0.5, 0.6) is 0 Å². The van der Waals surface area contributed by atoms with Crippen molar-refractivity contribution in [2.45, 2.75) is 50.5 Å². The van der Waals surface area contributed by atoms with Gasteiger partial charge in [-0.3, -0.25) is 4.79 Å². The summed E-state index contributed by atoms with van der Waals surface area (Å²) in [7, 11) is -3.75. The smallest absolute Gasteiger partial charge is 0.251 e. The molecule has 1 aliphatic heterocycles. The number of benzene rings is 1. The summed E-state index contributed by atoms with van der Waals surface area (Å²) in [6, 6.07) is 4.41. The molecule has 1 aliphatic rings. The summed E-state index contributed by atoms with van der Waals surface area (Å²) in [5.74, 6) is -0.288. The molecule has 6 nitrogen and oxygen atoms in total. The van der Waals surface area contributed by atoms with Crippen LogP contribution in [0.1, 0.15) is 49.9 Å². The van der Waals surface area contributed by atoms with Gasteiger partial charge in [-0.2, -0.15) is 4.31 Å². The van der Waals surface area contributed by atoms with Gasteiger partial charge in [0.15, 0.2) is 0 Å². The molecule has 146 valence electrons. The van der Waals surface area contributed by atoms with E-state index >= 15 is 0 Å². The number of hydrogen-bond acceptors (Lipinski definition) is 4. The molecular formula is C18H27ClN2O4S. The van der Waals surface area contributed by atoms with Gasteiger partial charge in [0.1, 0.15) is 4.90 Å². The summed E-state index contributed by atoms with van der Waals surface area (Å²) < 4.78 is 32.2. The lowest BCUT2D eigenvalue weighted by Gasteiger charge is -2.26. The predicted molar refractivity (Wildman–Crippen MR) is 102 cm³/mol. The summed E-state index contributed by atoms with van der Waals surface area (Å²) in [5, 5.41) is 3.04. The maximum absolute atomic E-state index is 12.8. The third-order valence-corrected chi connectivity index (χ3v) is 6.78. The maximum atomic E-state index is 12.8. The topological polar surface area (TPSA) is 75.7 Å². The third-order valence-electron chi connectivity index (χ3n) is 4.40. The highest BCUT2D eigenvalue weighted by Crippen LogP contribution is 2.26. The first-order valence-corrected chi connectivity index (χ1v) is 10.9. The van der Waals surface area contributed by atoms with E-state index in [-0.39, 0.29) is 35.0 Å². The molecule has 0 aromatic heterocycles. The first-order chi connectivity index (χ1) is 12.4. The molecule has 8 heteroatoms. The number of halogens is 1. The number of carbonyl (C=O) groups excluding carboxylic acids is 1. The second kappa shape index (κ2) is 9.69. The molecule has 26 heavy (non-hydrogen) atoms. The second-order valence-electron chi connectivity index (χ2n) is 6.53. The van der Waals surface area contributed by atoms with Crippen LogP contribution >= 0.6 is 11.6 Å². The minimum atomic E-state index is -3.75. The van der Waals surface area contributed by atoms with E-state index in [0.717, 1.165) is 25.7 Å². The number of amides is 1. The molecule has 0 radical (unpaired) electrons. The number of nitrogens with one attached hydrogen (secondary N) is 1. The van der Waals surface area contributed by atoms with Gasteiger partial charge in [0, 0.05) is 24.7 Å². The van der Waals surface area contributed by atoms with Crippen LogP contribution < -0.4 is 5.32 Å². The lowest BCUT2D eigenvalue weighted by atomic mass is 10.1. The summed E-state index contributed by atoms with van der Waals surface area (Å²) >= 11 is 6.13. The largest absolute Gasteiger partial charge is 0.379 e. The average molecular weight is 403 g/mol. The summed E-state index contributed by atoms with van der Waals surface area (Å²) in [6.07, 6.45) is 4.20. The number of morpholine rings is 1. The Bertz CT molecular complexity index is 718. The standard InChI is InChI=1S/C18H27ClN2O4S/c1-3-4-5-6-14(2)20-18(22)15-7-8-16(19)17(13-15)26(23,24)21-9-11-25-12-10-21/h7-8,13-14H,3-6,9-12H2,1-2H3,(H,20,22)/t14-/m0/s1. The second-order valence-corrected chi connectivity index (χ2v) is 8.85. The lowest BCUT2D eigenvalue weighted by molar-refractivity contribution is 0.0730. The van der Waals surface area contributed by atoms with Crippen molar-refractivity contribution in [2.24, 2.45) is 0 Å². The van der Waals surface area contributed by atoms with Crippen LogP contribution in [0, 0.1) is 0 Å². The molecule has 2 rings (SSSR count). The van der Waals surface area contributed by atoms with Gasteiger partial charge >= 0.3 is 0 Å². The van der Waals surface area contributed by atoms with Crippen LogP contribution in [0.15, 0.2) is 23.1 Å². The van der Waals surface area contributed by atoms with Crippen molar-refractivity contribution in [3.8, 4) is 0 Å². The molecule has 0 spiro atoms. The van der Waals surface area contributed by atoms with Crippen molar-refractivity contribution in [3.63, 3.8) is 0 Å². The van der Waals surface area contributed by atoms with Crippen LogP contribution in [0.3, 0.4) is 0 Å². The highest BCUT2D eigenvalue weighted by Gasteiger charge is 2.29. The van der Waals surface area contributed by atoms with E-state index in [9.17, 15) is 13.2 Å². The van der Waals surface area contributed by atoms with Gasteiger partial charge in [0.05, 0.1) is 18.2 Å². The van der Waals surface area contributed by atoms with Gasteiger partial charge in [0.2, 0.25) is 10.0 Å². The van der Waals surface area contributed by atoms with Gasteiger partial charge < -0.3 is 10.1 Å². The van der Waals surface area contributed by atoms with Crippen molar-refractivity contribution in [1.82, 2.24) is 9.62 Å². The van der Waals surface area contributed by atoms with Crippen molar-refractivity contribution in [1.29, 1.82) is 0 Å². The van der Waals surface area contributed by atoms with Gasteiger partial charge in [-0.15, -0.1) is 0 Å². The number of sulfonamides is 1. The minimum absolute atomic E-state index is 0.0315. The van der Waals surface area contributed by atoms with Crippen molar-refractivity contribution < 1.29 is 17.9 Å². The van der Waals surface area contributed by atoms with E-state index in [4.69, 9.17) is 16.3 Å². The van der Waals surface area contributed by atoms with Crippen LogP contribution in [-0.4, -0.2) is 51.0 Å². The Hall–Kier alpha value is -1.15. The quantitative estimate of drug-likeness (QED) is 0.678. The van der Waals surface area contributed by atoms with E-state index < -0.39 is 10.0 Å². The Balaban J connectivity index is 2.14. The van der Waals surface area contributed by atoms with Gasteiger partial charge in [-0.1, -0.05) is 37.8 Å². The molecule has 0 saturated carbocycles. The average Bonchev–Trinajstić information content (AvgIpc) is 2.62. The van der Waals surface area contributed by atoms with E-state index in [1.807, 2.05) is 6.92 Å². The van der Waals surface area contributed by atoms with Gasteiger partial charge in [-0.05, 0) is 31.5 Å². The van der Waals surface area contributed by atoms with Crippen molar-refractivity contribution >= 4 is 27.5 Å². The first kappa shape index (κ1) is 21.2. The molecule has 1 atom stereocenters. The fourth-order valence-electron chi connectivity index (χ4n) is 2.85. The Morgan fingerprint density at radius 3 is 2.65 bits per heavy atom. The molecule has 1 aromatic rings. The number of nitrogens with zero attached hydrogens (tertiary/aromatic N) is 1. The van der Waals surface area contributed by atoms with Gasteiger partial charge in [0.25, 0.3) is 5.91 Å². The molecule has 1 N–H and O–H groups in total. The molecule has 1 aromatic carbocycles. The van der Waals surface area contributed by atoms with E-state index in [0.29, 0.717) is 18.8 Å². The zero-order chi connectivity index (χ0) is 19.2. The molecule has 0 aliphatic carbocycles. The highest BCUT2D eigenvalue weighted by molar-refractivity contribution is 7.89. The number of carbonyl (C=O) groups is 1. The van der Waals surface area contributed by atoms with E-state index in [1.165, 1.54) is 16.4 Å². The molecule has 0 unspecified atom stereocenters. The molecule has 0 bridgehead atoms. The SMILES string of the molecule is CCCCC[C@H](C)NC(=O)c1ccc(Cl)c(S(=O)(=O)N2CCOCC2)c1. The predicted octanol–water partition coefficient (Wildman–Crippen LogP) is 3.06. The maximum Gasteiger partial charge on any atom is 0.251 e. The van der Waals surface area contributed by atoms with E-state index in [2.05, 4.69) is 12.2 Å². The summed E-state index contributed by atoms with van der Waals surface area (Å²) in [5.41, 5.74) is 0.295. The first-order valence-electron chi connectivity index (χ1n) is 9.04. The van der Waals surface area contributed by atoms with Crippen LogP contribution in [0.2, 0.25) is 5.02 Å². The van der Waals surface area contributed by atoms with E-state index in [1.54, 1.807) is 6.07 Å². The zero-order valence-corrected chi connectivity index (χ0v) is 16.9. The molecule has 1 saturated heterocycles. The lowest BCUT2D eigenvalue weighted by Crippen LogP contribution is -2.40.